The molecule has 0 aliphatic heterocycles. The minimum absolute atomic E-state index is 0.156. The summed E-state index contributed by atoms with van der Waals surface area (Å²) in [6, 6.07) is 20.5. The van der Waals surface area contributed by atoms with Crippen molar-refractivity contribution in [1.82, 2.24) is 0 Å². The van der Waals surface area contributed by atoms with Crippen molar-refractivity contribution in [2.24, 2.45) is 0 Å². The summed E-state index contributed by atoms with van der Waals surface area (Å²) in [5, 5.41) is 9.29. The van der Waals surface area contributed by atoms with Gasteiger partial charge in [0.05, 0.1) is 30.4 Å². The van der Waals surface area contributed by atoms with E-state index in [1.54, 1.807) is 76.2 Å². The molecule has 4 aromatic carbocycles. The average molecular weight is 833 g/mol. The Bertz CT molecular complexity index is 1940. The quantitative estimate of drug-likeness (QED) is 0.0475. The van der Waals surface area contributed by atoms with Crippen molar-refractivity contribution in [1.29, 1.82) is 0 Å². The normalized spacial score (nSPS) is 12.9. The summed E-state index contributed by atoms with van der Waals surface area (Å²) in [4.78, 5) is 23.7. The summed E-state index contributed by atoms with van der Waals surface area (Å²) in [7, 11) is 0. The lowest BCUT2D eigenvalue weighted by Crippen LogP contribution is -2.30. The first-order valence-electron chi connectivity index (χ1n) is 19.5. The van der Waals surface area contributed by atoms with Crippen molar-refractivity contribution in [2.45, 2.75) is 96.9 Å². The van der Waals surface area contributed by atoms with Crippen molar-refractivity contribution in [3.05, 3.63) is 118 Å². The number of alkyl halides is 6. The molecule has 4 aromatic rings. The summed E-state index contributed by atoms with van der Waals surface area (Å²) in [5.41, 5.74) is -1.34. The maximum Gasteiger partial charge on any atom is 0.417 e. The van der Waals surface area contributed by atoms with Crippen molar-refractivity contribution in [3.8, 4) is 22.6 Å². The summed E-state index contributed by atoms with van der Waals surface area (Å²) in [6.45, 7) is 7.91. The number of halogens is 6. The monoisotopic (exact) mass is 832 g/mol. The van der Waals surface area contributed by atoms with Gasteiger partial charge in [0.25, 0.3) is 0 Å². The predicted molar refractivity (Wildman–Crippen MR) is 209 cm³/mol. The summed E-state index contributed by atoms with van der Waals surface area (Å²) < 4.78 is 114. The third-order valence-corrected chi connectivity index (χ3v) is 9.14. The van der Waals surface area contributed by atoms with Gasteiger partial charge in [-0.25, -0.2) is 9.59 Å². The van der Waals surface area contributed by atoms with E-state index in [1.807, 2.05) is 0 Å². The molecule has 0 aliphatic rings. The number of hydrogen-bond donors (Lipinski definition) is 1. The van der Waals surface area contributed by atoms with Crippen LogP contribution in [-0.2, 0) is 61.8 Å². The molecule has 8 nitrogen and oxygen atoms in total. The molecule has 14 heteroatoms. The molecule has 0 spiro atoms. The lowest BCUT2D eigenvalue weighted by Gasteiger charge is -2.19. The molecule has 0 radical (unpaired) electrons. The molecule has 1 unspecified atom stereocenters. The van der Waals surface area contributed by atoms with Gasteiger partial charge in [-0.1, -0.05) is 48.5 Å². The van der Waals surface area contributed by atoms with E-state index in [-0.39, 0.29) is 50.8 Å². The smallest absolute Gasteiger partial charge is 0.417 e. The molecule has 59 heavy (non-hydrogen) atoms. The number of carbonyl (C=O) groups excluding carboxylic acids is 1. The summed E-state index contributed by atoms with van der Waals surface area (Å²) in [6.07, 6.45) is -10.4. The number of carboxylic acids is 1. The molecule has 0 amide bonds. The van der Waals surface area contributed by atoms with E-state index in [4.69, 9.17) is 23.7 Å². The molecule has 0 fully saturated rings. The number of aliphatic carboxylic acids is 1. The van der Waals surface area contributed by atoms with Crippen molar-refractivity contribution >= 4 is 11.9 Å². The molecule has 320 valence electrons. The number of benzene rings is 4. The Morgan fingerprint density at radius 2 is 0.983 bits per heavy atom. The zero-order valence-electron chi connectivity index (χ0n) is 33.5. The van der Waals surface area contributed by atoms with Crippen molar-refractivity contribution in [3.63, 3.8) is 0 Å². The van der Waals surface area contributed by atoms with E-state index < -0.39 is 58.8 Å². The summed E-state index contributed by atoms with van der Waals surface area (Å²) in [5.74, 6) is -0.515. The van der Waals surface area contributed by atoms with Crippen molar-refractivity contribution in [2.75, 3.05) is 26.4 Å². The van der Waals surface area contributed by atoms with Crippen LogP contribution in [-0.4, -0.2) is 61.8 Å². The minimum atomic E-state index is -4.92. The van der Waals surface area contributed by atoms with Crippen LogP contribution in [0.4, 0.5) is 26.3 Å². The molecule has 0 aromatic heterocycles. The van der Waals surface area contributed by atoms with Crippen LogP contribution in [0, 0.1) is 0 Å². The average Bonchev–Trinajstić information content (AvgIpc) is 3.18. The lowest BCUT2D eigenvalue weighted by molar-refractivity contribution is -0.160. The SMILES string of the molecule is CCOC(Cc1ccc(OCCCc2ccc(-c3ccc(CCCOc4ccc(C[C@H](OCC)C(=O)O)cc4)cc3C(F)(F)F)c(C(F)(F)F)c2)cc1)C(=O)OC(C)C. The minimum Gasteiger partial charge on any atom is -0.494 e. The van der Waals surface area contributed by atoms with Gasteiger partial charge in [0.1, 0.15) is 11.5 Å². The van der Waals surface area contributed by atoms with Gasteiger partial charge >= 0.3 is 24.3 Å². The zero-order valence-corrected chi connectivity index (χ0v) is 33.5. The fourth-order valence-electron chi connectivity index (χ4n) is 6.38. The van der Waals surface area contributed by atoms with Crippen LogP contribution >= 0.6 is 0 Å². The highest BCUT2D eigenvalue weighted by molar-refractivity contribution is 5.75. The number of rotatable bonds is 22. The van der Waals surface area contributed by atoms with Gasteiger partial charge in [-0.15, -0.1) is 0 Å². The van der Waals surface area contributed by atoms with Gasteiger partial charge in [-0.2, -0.15) is 26.3 Å². The third kappa shape index (κ3) is 14.6. The van der Waals surface area contributed by atoms with E-state index in [0.717, 1.165) is 35.4 Å². The molecule has 1 N–H and O–H groups in total. The third-order valence-electron chi connectivity index (χ3n) is 9.14. The van der Waals surface area contributed by atoms with Crippen LogP contribution < -0.4 is 9.47 Å². The second-order valence-electron chi connectivity index (χ2n) is 14.1. The fraction of sp³-hybridized carbons (Fsp3) is 0.422. The van der Waals surface area contributed by atoms with Crippen LogP contribution in [0.1, 0.15) is 73.9 Å². The summed E-state index contributed by atoms with van der Waals surface area (Å²) >= 11 is 0. The highest BCUT2D eigenvalue weighted by Gasteiger charge is 2.38. The van der Waals surface area contributed by atoms with E-state index in [0.29, 0.717) is 42.9 Å². The molecular weight excluding hydrogens is 782 g/mol. The Morgan fingerprint density at radius 1 is 0.593 bits per heavy atom. The second kappa shape index (κ2) is 21.8. The number of hydrogen-bond acceptors (Lipinski definition) is 7. The van der Waals surface area contributed by atoms with Crippen LogP contribution in [0.3, 0.4) is 0 Å². The number of carboxylic acid groups (broad SMARTS) is 1. The molecule has 2 atom stereocenters. The predicted octanol–water partition coefficient (Wildman–Crippen LogP) is 10.3. The Balaban J connectivity index is 1.36. The number of aryl methyl sites for hydroxylation is 2. The van der Waals surface area contributed by atoms with Crippen LogP contribution in [0.2, 0.25) is 0 Å². The Hall–Kier alpha value is -5.08. The van der Waals surface area contributed by atoms with Crippen molar-refractivity contribution < 1.29 is 64.7 Å². The van der Waals surface area contributed by atoms with Gasteiger partial charge in [-0.3, -0.25) is 0 Å². The van der Waals surface area contributed by atoms with Crippen LogP contribution in [0.15, 0.2) is 84.9 Å². The zero-order chi connectivity index (χ0) is 43.2. The lowest BCUT2D eigenvalue weighted by atomic mass is 9.91. The maximum atomic E-state index is 14.4. The molecular formula is C45H50F6O8. The van der Waals surface area contributed by atoms with Gasteiger partial charge in [0.15, 0.2) is 12.2 Å². The topological polar surface area (TPSA) is 101 Å². The fourth-order valence-corrected chi connectivity index (χ4v) is 6.38. The van der Waals surface area contributed by atoms with E-state index >= 15 is 0 Å². The Labute approximate surface area is 340 Å². The molecule has 0 saturated heterocycles. The van der Waals surface area contributed by atoms with Gasteiger partial charge in [0, 0.05) is 26.1 Å². The first-order valence-corrected chi connectivity index (χ1v) is 19.5. The number of ether oxygens (including phenoxy) is 5. The first kappa shape index (κ1) is 46.6. The molecule has 0 saturated carbocycles. The number of esters is 1. The Kier molecular flexibility index (Phi) is 17.2. The highest BCUT2D eigenvalue weighted by atomic mass is 19.4. The van der Waals surface area contributed by atoms with E-state index in [9.17, 15) is 41.0 Å². The molecule has 0 heterocycles. The largest absolute Gasteiger partial charge is 0.494 e. The van der Waals surface area contributed by atoms with E-state index in [1.165, 1.54) is 12.1 Å². The second-order valence-corrected chi connectivity index (χ2v) is 14.1. The van der Waals surface area contributed by atoms with Gasteiger partial charge in [-0.05, 0) is 123 Å². The highest BCUT2D eigenvalue weighted by Crippen LogP contribution is 2.43. The van der Waals surface area contributed by atoms with E-state index in [2.05, 4.69) is 0 Å². The molecule has 0 bridgehead atoms. The van der Waals surface area contributed by atoms with Crippen LogP contribution in [0.5, 0.6) is 11.5 Å². The first-order chi connectivity index (χ1) is 28.0. The number of carbonyl (C=O) groups is 2. The molecule has 0 aliphatic carbocycles. The standard InChI is InChI=1S/C45H50F6O8/c1-5-55-40(42(52)53)27-32-11-17-34(18-12-32)57-23-7-9-30-15-21-36(38(25-30)44(46,47)48)37-22-16-31(26-39(37)45(49,50)51)10-8-24-58-35-19-13-33(14-20-35)28-41(56-6-2)43(54)59-29(3)4/h11-22,25-26,29,40-41H,5-10,23-24,27-28H2,1-4H3,(H,52,53)/t40-,41?/m0/s1. The van der Waals surface area contributed by atoms with Crippen LogP contribution in [0.25, 0.3) is 11.1 Å². The maximum absolute atomic E-state index is 14.4. The van der Waals surface area contributed by atoms with Gasteiger partial charge < -0.3 is 28.8 Å². The molecule has 4 rings (SSSR count). The van der Waals surface area contributed by atoms with Gasteiger partial charge in [0.2, 0.25) is 0 Å². The Morgan fingerprint density at radius 3 is 1.36 bits per heavy atom.